The maximum Gasteiger partial charge on any atom is 0.278 e. The highest BCUT2D eigenvalue weighted by molar-refractivity contribution is 7.89. The summed E-state index contributed by atoms with van der Waals surface area (Å²) in [4.78, 5) is 16.9. The van der Waals surface area contributed by atoms with Crippen molar-refractivity contribution in [3.8, 4) is 11.5 Å². The Morgan fingerprint density at radius 1 is 1.32 bits per heavy atom. The lowest BCUT2D eigenvalue weighted by atomic mass is 10.2. The van der Waals surface area contributed by atoms with Gasteiger partial charge in [-0.3, -0.25) is 9.10 Å². The number of rotatable bonds is 3. The van der Waals surface area contributed by atoms with E-state index in [9.17, 15) is 18.3 Å². The van der Waals surface area contributed by atoms with Crippen LogP contribution in [0.5, 0.6) is 0 Å². The number of aliphatic hydroxyl groups is 1. The normalized spacial score (nSPS) is 15.4. The fourth-order valence-corrected chi connectivity index (χ4v) is 5.67. The third kappa shape index (κ3) is 2.95. The highest BCUT2D eigenvalue weighted by atomic mass is 35.5. The Balaban J connectivity index is 1.71. The molecule has 0 atom stereocenters. The molecule has 0 bridgehead atoms. The Labute approximate surface area is 168 Å². The van der Waals surface area contributed by atoms with Crippen molar-refractivity contribution in [3.05, 3.63) is 57.6 Å². The molecule has 2 N–H and O–H groups in total. The first kappa shape index (κ1) is 18.5. The Kier molecular flexibility index (Phi) is 4.41. The minimum Gasteiger partial charge on any atom is -0.504 e. The van der Waals surface area contributed by atoms with Gasteiger partial charge in [-0.05, 0) is 30.3 Å². The zero-order valence-corrected chi connectivity index (χ0v) is 16.6. The molecule has 1 amide bonds. The van der Waals surface area contributed by atoms with Crippen molar-refractivity contribution >= 4 is 50.4 Å². The number of pyridine rings is 1. The number of carbonyl (C=O) groups excluding carboxylic acids is 1. The molecule has 0 aliphatic carbocycles. The number of nitrogens with zero attached hydrogens (tertiary/aromatic N) is 2. The van der Waals surface area contributed by atoms with Crippen molar-refractivity contribution < 1.29 is 22.7 Å². The maximum atomic E-state index is 12.8. The van der Waals surface area contributed by atoms with E-state index < -0.39 is 27.4 Å². The number of thiophene rings is 1. The lowest BCUT2D eigenvalue weighted by Gasteiger charge is -2.26. The molecular formula is C17H12ClN3O5S2. The van der Waals surface area contributed by atoms with Crippen molar-refractivity contribution in [1.29, 1.82) is 0 Å². The second-order valence-electron chi connectivity index (χ2n) is 5.75. The van der Waals surface area contributed by atoms with Crippen molar-refractivity contribution in [2.45, 2.75) is 4.90 Å². The van der Waals surface area contributed by atoms with Gasteiger partial charge in [-0.2, -0.15) is 0 Å². The quantitative estimate of drug-likeness (QED) is 0.647. The second-order valence-corrected chi connectivity index (χ2v) is 9.37. The van der Waals surface area contributed by atoms with Gasteiger partial charge < -0.3 is 14.8 Å². The van der Waals surface area contributed by atoms with E-state index in [4.69, 9.17) is 16.0 Å². The first-order valence-corrected chi connectivity index (χ1v) is 10.5. The lowest BCUT2D eigenvalue weighted by molar-refractivity contribution is -0.113. The van der Waals surface area contributed by atoms with Crippen LogP contribution in [0.1, 0.15) is 4.88 Å². The number of amides is 1. The highest BCUT2D eigenvalue weighted by Gasteiger charge is 2.39. The molecule has 4 rings (SSSR count). The molecule has 1 aliphatic rings. The van der Waals surface area contributed by atoms with E-state index in [1.54, 1.807) is 24.3 Å². The zero-order valence-electron chi connectivity index (χ0n) is 14.2. The number of fused-ring (bicyclic) bond motifs is 1. The van der Waals surface area contributed by atoms with Gasteiger partial charge in [0, 0.05) is 7.05 Å². The van der Waals surface area contributed by atoms with Crippen molar-refractivity contribution in [1.82, 2.24) is 9.29 Å². The number of hydrogen-bond acceptors (Lipinski definition) is 7. The largest absolute Gasteiger partial charge is 0.504 e. The fourth-order valence-electron chi connectivity index (χ4n) is 2.72. The molecule has 8 nitrogen and oxygen atoms in total. The summed E-state index contributed by atoms with van der Waals surface area (Å²) in [7, 11) is -2.84. The first-order valence-electron chi connectivity index (χ1n) is 7.83. The van der Waals surface area contributed by atoms with Crippen LogP contribution in [-0.4, -0.2) is 35.8 Å². The minimum atomic E-state index is -4.02. The monoisotopic (exact) mass is 437 g/mol. The molecule has 11 heteroatoms. The third-order valence-electron chi connectivity index (χ3n) is 4.04. The molecule has 0 unspecified atom stereocenters. The van der Waals surface area contributed by atoms with Gasteiger partial charge in [0.2, 0.25) is 0 Å². The fraction of sp³-hybridized carbons (Fsp3) is 0.0588. The van der Waals surface area contributed by atoms with Crippen LogP contribution in [0.25, 0.3) is 17.2 Å². The van der Waals surface area contributed by atoms with Crippen LogP contribution in [0.2, 0.25) is 4.34 Å². The van der Waals surface area contributed by atoms with Gasteiger partial charge >= 0.3 is 0 Å². The standard InChI is InChI=1S/C17H12ClN3O5S2/c1-21-14(15(22)16-11(28(21,24)25)8-12(18)27-16)17(23)20-13-6-2-4-9(19-13)10-5-3-7-26-10/h2-8,22H,1H3,(H,19,20,23). The number of sulfonamides is 1. The van der Waals surface area contributed by atoms with Crippen LogP contribution in [-0.2, 0) is 14.8 Å². The molecule has 28 heavy (non-hydrogen) atoms. The number of aliphatic hydroxyl groups excluding tert-OH is 1. The summed E-state index contributed by atoms with van der Waals surface area (Å²) in [6.07, 6.45) is 1.50. The van der Waals surface area contributed by atoms with Gasteiger partial charge in [-0.15, -0.1) is 11.3 Å². The van der Waals surface area contributed by atoms with E-state index in [1.165, 1.54) is 25.4 Å². The van der Waals surface area contributed by atoms with Crippen LogP contribution in [0.15, 0.2) is 57.7 Å². The predicted octanol–water partition coefficient (Wildman–Crippen LogP) is 3.56. The average molecular weight is 438 g/mol. The number of nitrogens with one attached hydrogen (secondary N) is 1. The summed E-state index contributed by atoms with van der Waals surface area (Å²) in [6.45, 7) is 0. The maximum absolute atomic E-state index is 12.8. The molecule has 0 fully saturated rings. The molecule has 0 aromatic carbocycles. The number of furan rings is 1. The topological polar surface area (TPSA) is 113 Å². The number of aromatic nitrogens is 1. The number of halogens is 1. The summed E-state index contributed by atoms with van der Waals surface area (Å²) in [5.41, 5.74) is 0.0640. The zero-order chi connectivity index (χ0) is 20.1. The number of anilines is 1. The molecule has 3 aromatic heterocycles. The van der Waals surface area contributed by atoms with Crippen LogP contribution >= 0.6 is 22.9 Å². The van der Waals surface area contributed by atoms with E-state index in [0.717, 1.165) is 15.6 Å². The number of carbonyl (C=O) groups is 1. The van der Waals surface area contributed by atoms with Crippen molar-refractivity contribution in [3.63, 3.8) is 0 Å². The van der Waals surface area contributed by atoms with Crippen LogP contribution < -0.4 is 5.32 Å². The molecule has 4 heterocycles. The second kappa shape index (κ2) is 6.66. The van der Waals surface area contributed by atoms with Crippen molar-refractivity contribution in [2.24, 2.45) is 0 Å². The van der Waals surface area contributed by atoms with E-state index in [1.807, 2.05) is 0 Å². The predicted molar refractivity (Wildman–Crippen MR) is 104 cm³/mol. The summed E-state index contributed by atoms with van der Waals surface area (Å²) in [5.74, 6) is -0.625. The number of likely N-dealkylation sites (N-methyl/N-ethyl adjacent to an activating group) is 1. The highest BCUT2D eigenvalue weighted by Crippen LogP contribution is 2.41. The molecule has 3 aromatic rings. The molecule has 0 radical (unpaired) electrons. The molecule has 0 saturated carbocycles. The molecule has 1 aliphatic heterocycles. The Morgan fingerprint density at radius 2 is 2.11 bits per heavy atom. The van der Waals surface area contributed by atoms with Gasteiger partial charge in [0.1, 0.15) is 16.4 Å². The Bertz CT molecular complexity index is 1220. The first-order chi connectivity index (χ1) is 13.3. The van der Waals surface area contributed by atoms with Gasteiger partial charge in [0.25, 0.3) is 15.9 Å². The van der Waals surface area contributed by atoms with E-state index in [-0.39, 0.29) is 19.9 Å². The van der Waals surface area contributed by atoms with Gasteiger partial charge in [-0.1, -0.05) is 17.7 Å². The van der Waals surface area contributed by atoms with E-state index in [2.05, 4.69) is 10.3 Å². The molecular weight excluding hydrogens is 426 g/mol. The van der Waals surface area contributed by atoms with E-state index >= 15 is 0 Å². The SMILES string of the molecule is CN1C(C(=O)Nc2cccc(-c3ccco3)n2)=C(O)c2sc(Cl)cc2S1(=O)=O. The molecule has 144 valence electrons. The van der Waals surface area contributed by atoms with Crippen LogP contribution in [0.4, 0.5) is 5.82 Å². The summed E-state index contributed by atoms with van der Waals surface area (Å²) in [6, 6.07) is 9.55. The van der Waals surface area contributed by atoms with Crippen LogP contribution in [0, 0.1) is 0 Å². The van der Waals surface area contributed by atoms with Gasteiger partial charge in [-0.25, -0.2) is 13.4 Å². The summed E-state index contributed by atoms with van der Waals surface area (Å²) < 4.78 is 31.5. The number of hydrogen-bond donors (Lipinski definition) is 2. The van der Waals surface area contributed by atoms with E-state index in [0.29, 0.717) is 11.5 Å². The lowest BCUT2D eigenvalue weighted by Crippen LogP contribution is -2.36. The Hall–Kier alpha value is -2.82. The van der Waals surface area contributed by atoms with Gasteiger partial charge in [0.15, 0.2) is 17.2 Å². The minimum absolute atomic E-state index is 0.0190. The third-order valence-corrected chi connectivity index (χ3v) is 7.22. The Morgan fingerprint density at radius 3 is 2.82 bits per heavy atom. The average Bonchev–Trinajstić information content (AvgIpc) is 3.31. The van der Waals surface area contributed by atoms with Crippen LogP contribution in [0.3, 0.4) is 0 Å². The summed E-state index contributed by atoms with van der Waals surface area (Å²) in [5, 5.41) is 13.0. The smallest absolute Gasteiger partial charge is 0.278 e. The summed E-state index contributed by atoms with van der Waals surface area (Å²) >= 11 is 6.77. The molecule has 0 saturated heterocycles. The van der Waals surface area contributed by atoms with Crippen molar-refractivity contribution in [2.75, 3.05) is 12.4 Å². The van der Waals surface area contributed by atoms with Gasteiger partial charge in [0.05, 0.1) is 15.5 Å². The molecule has 0 spiro atoms.